The van der Waals surface area contributed by atoms with Gasteiger partial charge >= 0.3 is 0 Å². The molecule has 1 aliphatic heterocycles. The Labute approximate surface area is 148 Å². The average molecular weight is 364 g/mol. The number of nitrogens with zero attached hydrogens (tertiary/aromatic N) is 4. The summed E-state index contributed by atoms with van der Waals surface area (Å²) in [5.74, 6) is 1.05. The molecule has 1 amide bonds. The summed E-state index contributed by atoms with van der Waals surface area (Å²) >= 11 is 0. The van der Waals surface area contributed by atoms with Gasteiger partial charge in [0.15, 0.2) is 0 Å². The van der Waals surface area contributed by atoms with Gasteiger partial charge in [0.2, 0.25) is 15.9 Å². The van der Waals surface area contributed by atoms with Crippen LogP contribution in [0, 0.1) is 0 Å². The van der Waals surface area contributed by atoms with Crippen molar-refractivity contribution in [2.75, 3.05) is 32.4 Å². The van der Waals surface area contributed by atoms with Crippen LogP contribution < -0.4 is 0 Å². The molecule has 1 fully saturated rings. The molecule has 1 aromatic heterocycles. The molecule has 1 aromatic carbocycles. The molecule has 0 saturated carbocycles. The smallest absolute Gasteiger partial charge is 0.224 e. The lowest BCUT2D eigenvalue weighted by Crippen LogP contribution is -2.50. The Morgan fingerprint density at radius 1 is 1.16 bits per heavy atom. The van der Waals surface area contributed by atoms with Crippen LogP contribution in [0.3, 0.4) is 0 Å². The minimum absolute atomic E-state index is 0.0629. The monoisotopic (exact) mass is 364 g/mol. The number of carbonyl (C=O) groups is 1. The number of sulfonamides is 1. The minimum atomic E-state index is -3.17. The van der Waals surface area contributed by atoms with Gasteiger partial charge in [0.1, 0.15) is 5.82 Å². The van der Waals surface area contributed by atoms with E-state index in [1.807, 2.05) is 24.3 Å². The van der Waals surface area contributed by atoms with Gasteiger partial charge in [0.25, 0.3) is 0 Å². The molecule has 0 radical (unpaired) electrons. The summed E-state index contributed by atoms with van der Waals surface area (Å²) in [6.45, 7) is 4.31. The lowest BCUT2D eigenvalue weighted by molar-refractivity contribution is -0.132. The van der Waals surface area contributed by atoms with Gasteiger partial charge in [-0.1, -0.05) is 19.1 Å². The molecule has 0 spiro atoms. The third kappa shape index (κ3) is 3.85. The number of carbonyl (C=O) groups excluding carboxylic acids is 1. The molecular formula is C17H24N4O3S. The SMILES string of the molecule is CCc1nc2ccccc2n1CCC(=O)N1CCN(S(C)(=O)=O)CC1. The Bertz CT molecular complexity index is 867. The quantitative estimate of drug-likeness (QED) is 0.796. The molecule has 25 heavy (non-hydrogen) atoms. The highest BCUT2D eigenvalue weighted by atomic mass is 32.2. The molecule has 3 rings (SSSR count). The molecule has 1 aliphatic rings. The number of hydrogen-bond acceptors (Lipinski definition) is 4. The Balaban J connectivity index is 1.64. The molecule has 2 heterocycles. The van der Waals surface area contributed by atoms with Crippen molar-refractivity contribution in [3.05, 3.63) is 30.1 Å². The summed E-state index contributed by atoms with van der Waals surface area (Å²) in [7, 11) is -3.17. The number of para-hydroxylation sites is 2. The topological polar surface area (TPSA) is 75.5 Å². The summed E-state index contributed by atoms with van der Waals surface area (Å²) in [6.07, 6.45) is 2.42. The maximum absolute atomic E-state index is 12.5. The molecule has 1 saturated heterocycles. The van der Waals surface area contributed by atoms with Crippen LogP contribution in [0.5, 0.6) is 0 Å². The molecule has 0 N–H and O–H groups in total. The molecule has 0 bridgehead atoms. The van der Waals surface area contributed by atoms with Gasteiger partial charge in [-0.05, 0) is 12.1 Å². The Kier molecular flexibility index (Phi) is 5.10. The molecule has 0 unspecified atom stereocenters. The summed E-state index contributed by atoms with van der Waals surface area (Å²) < 4.78 is 26.6. The fourth-order valence-electron chi connectivity index (χ4n) is 3.28. The predicted octanol–water partition coefficient (Wildman–Crippen LogP) is 1.09. The van der Waals surface area contributed by atoms with E-state index in [2.05, 4.69) is 16.5 Å². The molecular weight excluding hydrogens is 340 g/mol. The van der Waals surface area contributed by atoms with Gasteiger partial charge in [-0.3, -0.25) is 4.79 Å². The largest absolute Gasteiger partial charge is 0.340 e. The summed E-state index contributed by atoms with van der Waals surface area (Å²) in [5, 5.41) is 0. The van der Waals surface area contributed by atoms with E-state index in [0.29, 0.717) is 39.1 Å². The number of piperazine rings is 1. The normalized spacial score (nSPS) is 16.5. The van der Waals surface area contributed by atoms with E-state index >= 15 is 0 Å². The van der Waals surface area contributed by atoms with E-state index in [-0.39, 0.29) is 5.91 Å². The Morgan fingerprint density at radius 2 is 1.84 bits per heavy atom. The Hall–Kier alpha value is -1.93. The van der Waals surface area contributed by atoms with E-state index in [0.717, 1.165) is 23.3 Å². The van der Waals surface area contributed by atoms with Crippen LogP contribution in [-0.4, -0.2) is 65.5 Å². The zero-order chi connectivity index (χ0) is 18.0. The number of aromatic nitrogens is 2. The van der Waals surface area contributed by atoms with E-state index in [1.165, 1.54) is 10.6 Å². The van der Waals surface area contributed by atoms with Gasteiger partial charge in [-0.15, -0.1) is 0 Å². The molecule has 7 nitrogen and oxygen atoms in total. The second-order valence-corrected chi connectivity index (χ2v) is 8.30. The van der Waals surface area contributed by atoms with E-state index in [9.17, 15) is 13.2 Å². The third-order valence-electron chi connectivity index (χ3n) is 4.66. The first-order valence-electron chi connectivity index (χ1n) is 8.57. The zero-order valence-electron chi connectivity index (χ0n) is 14.7. The fraction of sp³-hybridized carbons (Fsp3) is 0.529. The first kappa shape index (κ1) is 17.9. The van der Waals surface area contributed by atoms with Crippen molar-refractivity contribution in [3.8, 4) is 0 Å². The number of hydrogen-bond donors (Lipinski definition) is 0. The standard InChI is InChI=1S/C17H24N4O3S/c1-3-16-18-14-6-4-5-7-15(14)21(16)9-8-17(22)19-10-12-20(13-11-19)25(2,23)24/h4-7H,3,8-13H2,1-2H3. The maximum atomic E-state index is 12.5. The predicted molar refractivity (Wildman–Crippen MR) is 96.7 cm³/mol. The summed E-state index contributed by atoms with van der Waals surface area (Å²) in [6, 6.07) is 7.95. The number of benzene rings is 1. The van der Waals surface area contributed by atoms with Crippen molar-refractivity contribution < 1.29 is 13.2 Å². The van der Waals surface area contributed by atoms with E-state index in [4.69, 9.17) is 0 Å². The van der Waals surface area contributed by atoms with Crippen LogP contribution in [-0.2, 0) is 27.8 Å². The van der Waals surface area contributed by atoms with Crippen molar-refractivity contribution in [3.63, 3.8) is 0 Å². The lowest BCUT2D eigenvalue weighted by atomic mass is 10.2. The Morgan fingerprint density at radius 3 is 2.48 bits per heavy atom. The number of amides is 1. The second kappa shape index (κ2) is 7.13. The van der Waals surface area contributed by atoms with Crippen LogP contribution in [0.25, 0.3) is 11.0 Å². The highest BCUT2D eigenvalue weighted by Gasteiger charge is 2.25. The van der Waals surface area contributed by atoms with Gasteiger partial charge in [0.05, 0.1) is 17.3 Å². The van der Waals surface area contributed by atoms with Crippen LogP contribution in [0.15, 0.2) is 24.3 Å². The highest BCUT2D eigenvalue weighted by Crippen LogP contribution is 2.17. The highest BCUT2D eigenvalue weighted by molar-refractivity contribution is 7.88. The molecule has 0 atom stereocenters. The molecule has 136 valence electrons. The number of aryl methyl sites for hydroxylation is 2. The first-order valence-corrected chi connectivity index (χ1v) is 10.4. The summed E-state index contributed by atoms with van der Waals surface area (Å²) in [5.41, 5.74) is 2.00. The van der Waals surface area contributed by atoms with Gasteiger partial charge < -0.3 is 9.47 Å². The number of imidazole rings is 1. The van der Waals surface area contributed by atoms with Crippen molar-refractivity contribution in [1.29, 1.82) is 0 Å². The first-order chi connectivity index (χ1) is 11.9. The van der Waals surface area contributed by atoms with E-state index < -0.39 is 10.0 Å². The van der Waals surface area contributed by atoms with Gasteiger partial charge in [-0.2, -0.15) is 4.31 Å². The van der Waals surface area contributed by atoms with Gasteiger partial charge in [-0.25, -0.2) is 13.4 Å². The zero-order valence-corrected chi connectivity index (χ0v) is 15.5. The number of rotatable bonds is 5. The average Bonchev–Trinajstić information content (AvgIpc) is 2.97. The third-order valence-corrected chi connectivity index (χ3v) is 5.96. The molecule has 8 heteroatoms. The van der Waals surface area contributed by atoms with Crippen molar-refractivity contribution >= 4 is 27.0 Å². The fourth-order valence-corrected chi connectivity index (χ4v) is 4.11. The van der Waals surface area contributed by atoms with E-state index in [1.54, 1.807) is 4.90 Å². The molecule has 0 aliphatic carbocycles. The van der Waals surface area contributed by atoms with Crippen LogP contribution >= 0.6 is 0 Å². The van der Waals surface area contributed by atoms with Gasteiger partial charge in [0, 0.05) is 45.6 Å². The van der Waals surface area contributed by atoms with Crippen LogP contribution in [0.4, 0.5) is 0 Å². The lowest BCUT2D eigenvalue weighted by Gasteiger charge is -2.33. The van der Waals surface area contributed by atoms with Crippen LogP contribution in [0.1, 0.15) is 19.2 Å². The van der Waals surface area contributed by atoms with Crippen LogP contribution in [0.2, 0.25) is 0 Å². The van der Waals surface area contributed by atoms with Crippen molar-refractivity contribution in [2.24, 2.45) is 0 Å². The minimum Gasteiger partial charge on any atom is -0.340 e. The second-order valence-electron chi connectivity index (χ2n) is 6.31. The van der Waals surface area contributed by atoms with Crippen molar-refractivity contribution in [1.82, 2.24) is 18.8 Å². The van der Waals surface area contributed by atoms with Crippen molar-refractivity contribution in [2.45, 2.75) is 26.3 Å². The summed E-state index contributed by atoms with van der Waals surface area (Å²) in [4.78, 5) is 18.9. The molecule has 2 aromatic rings. The maximum Gasteiger partial charge on any atom is 0.224 e. The number of fused-ring (bicyclic) bond motifs is 1.